The summed E-state index contributed by atoms with van der Waals surface area (Å²) in [7, 11) is 0. The quantitative estimate of drug-likeness (QED) is 0.178. The first-order valence-electron chi connectivity index (χ1n) is 21.4. The largest absolute Gasteiger partial charge is 0.455 e. The molecule has 63 heavy (non-hydrogen) atoms. The molecule has 0 saturated heterocycles. The number of hydrogen-bond acceptors (Lipinski definition) is 4. The summed E-state index contributed by atoms with van der Waals surface area (Å²) < 4.78 is 8.87. The van der Waals surface area contributed by atoms with E-state index in [-0.39, 0.29) is 0 Å². The van der Waals surface area contributed by atoms with Crippen LogP contribution in [-0.4, -0.2) is 19.5 Å². The number of fused-ring (bicyclic) bond motifs is 17. The van der Waals surface area contributed by atoms with Crippen molar-refractivity contribution in [1.82, 2.24) is 19.5 Å². The van der Waals surface area contributed by atoms with Crippen LogP contribution >= 0.6 is 0 Å². The molecule has 0 radical (unpaired) electrons. The lowest BCUT2D eigenvalue weighted by Crippen LogP contribution is -2.25. The predicted octanol–water partition coefficient (Wildman–Crippen LogP) is 14.2. The van der Waals surface area contributed by atoms with Crippen molar-refractivity contribution < 1.29 is 4.42 Å². The first-order valence-corrected chi connectivity index (χ1v) is 21.4. The Morgan fingerprint density at radius 3 is 1.67 bits per heavy atom. The second-order valence-electron chi connectivity index (χ2n) is 16.6. The molecule has 3 heterocycles. The van der Waals surface area contributed by atoms with E-state index in [1.807, 2.05) is 60.7 Å². The van der Waals surface area contributed by atoms with E-state index in [4.69, 9.17) is 19.4 Å². The fourth-order valence-electron chi connectivity index (χ4n) is 10.9. The molecular weight excluding hydrogens is 769 g/mol. The van der Waals surface area contributed by atoms with Crippen LogP contribution in [0.2, 0.25) is 0 Å². The highest BCUT2D eigenvalue weighted by atomic mass is 16.3. The standard InChI is InChI=1S/C58H34N4O/c1-2-15-35(16-3-1)55-59-56(61-57(60-55)44-23-14-22-41-40-19-8-13-28-51(40)63-54(41)44)36-29-31-37(32-30-36)62-49-27-12-7-21-43(49)53-50(62)34-33-48-52(53)42-20-6-11-26-47(42)58(48)45-24-9-4-17-38(45)39-18-5-10-25-46(39)58/h1-34H. The van der Waals surface area contributed by atoms with Gasteiger partial charge in [0.15, 0.2) is 17.5 Å². The molecule has 0 bridgehead atoms. The third kappa shape index (κ3) is 4.63. The first-order chi connectivity index (χ1) is 31.3. The predicted molar refractivity (Wildman–Crippen MR) is 254 cm³/mol. The minimum Gasteiger partial charge on any atom is -0.455 e. The monoisotopic (exact) mass is 802 g/mol. The normalized spacial score (nSPS) is 13.2. The van der Waals surface area contributed by atoms with E-state index in [0.717, 1.165) is 49.8 Å². The van der Waals surface area contributed by atoms with Gasteiger partial charge in [0.2, 0.25) is 0 Å². The number of hydrogen-bond donors (Lipinski definition) is 0. The maximum absolute atomic E-state index is 6.46. The zero-order chi connectivity index (χ0) is 41.2. The molecule has 0 N–H and O–H groups in total. The summed E-state index contributed by atoms with van der Waals surface area (Å²) in [5.41, 5.74) is 17.8. The lowest BCUT2D eigenvalue weighted by atomic mass is 9.70. The summed E-state index contributed by atoms with van der Waals surface area (Å²) in [6.07, 6.45) is 0. The molecule has 0 fully saturated rings. The number of benzene rings is 9. The molecule has 0 aliphatic heterocycles. The molecule has 5 nitrogen and oxygen atoms in total. The van der Waals surface area contributed by atoms with Gasteiger partial charge in [-0.25, -0.2) is 15.0 Å². The molecule has 0 atom stereocenters. The highest BCUT2D eigenvalue weighted by molar-refractivity contribution is 6.19. The van der Waals surface area contributed by atoms with Gasteiger partial charge >= 0.3 is 0 Å². The van der Waals surface area contributed by atoms with Crippen LogP contribution in [0.3, 0.4) is 0 Å². The van der Waals surface area contributed by atoms with Gasteiger partial charge in [-0.1, -0.05) is 158 Å². The Morgan fingerprint density at radius 1 is 0.365 bits per heavy atom. The van der Waals surface area contributed by atoms with E-state index in [1.165, 1.54) is 60.8 Å². The van der Waals surface area contributed by atoms with E-state index in [9.17, 15) is 0 Å². The van der Waals surface area contributed by atoms with Crippen LogP contribution in [0.25, 0.3) is 106 Å². The van der Waals surface area contributed by atoms with Gasteiger partial charge in [-0.2, -0.15) is 0 Å². The van der Waals surface area contributed by atoms with Crippen LogP contribution in [-0.2, 0) is 5.41 Å². The highest BCUT2D eigenvalue weighted by Crippen LogP contribution is 2.64. The fraction of sp³-hybridized carbons (Fsp3) is 0.0172. The van der Waals surface area contributed by atoms with E-state index < -0.39 is 5.41 Å². The van der Waals surface area contributed by atoms with E-state index in [0.29, 0.717) is 17.5 Å². The molecule has 2 aliphatic carbocycles. The van der Waals surface area contributed by atoms with Gasteiger partial charge in [0.1, 0.15) is 11.2 Å². The van der Waals surface area contributed by atoms with Gasteiger partial charge in [-0.3, -0.25) is 0 Å². The van der Waals surface area contributed by atoms with Crippen LogP contribution < -0.4 is 0 Å². The zero-order valence-corrected chi connectivity index (χ0v) is 33.8. The summed E-state index contributed by atoms with van der Waals surface area (Å²) in [6, 6.07) is 73.7. The minimum atomic E-state index is -0.407. The van der Waals surface area contributed by atoms with Crippen molar-refractivity contribution in [3.63, 3.8) is 0 Å². The molecule has 14 rings (SSSR count). The second-order valence-corrected chi connectivity index (χ2v) is 16.6. The van der Waals surface area contributed by atoms with Crippen LogP contribution in [0.1, 0.15) is 22.3 Å². The topological polar surface area (TPSA) is 56.7 Å². The number of rotatable bonds is 4. The van der Waals surface area contributed by atoms with Crippen molar-refractivity contribution in [1.29, 1.82) is 0 Å². The van der Waals surface area contributed by atoms with Crippen molar-refractivity contribution in [2.75, 3.05) is 0 Å². The van der Waals surface area contributed by atoms with Gasteiger partial charge < -0.3 is 8.98 Å². The van der Waals surface area contributed by atoms with Crippen LogP contribution in [0.5, 0.6) is 0 Å². The van der Waals surface area contributed by atoms with Crippen molar-refractivity contribution in [3.05, 3.63) is 229 Å². The molecule has 9 aromatic carbocycles. The van der Waals surface area contributed by atoms with Gasteiger partial charge in [0, 0.05) is 38.4 Å². The number of para-hydroxylation sites is 3. The average molecular weight is 803 g/mol. The molecule has 0 amide bonds. The lowest BCUT2D eigenvalue weighted by Gasteiger charge is -2.30. The van der Waals surface area contributed by atoms with Crippen LogP contribution in [0, 0.1) is 0 Å². The Labute approximate surface area is 362 Å². The molecule has 1 spiro atoms. The van der Waals surface area contributed by atoms with Crippen molar-refractivity contribution in [3.8, 4) is 62.1 Å². The molecule has 2 aliphatic rings. The molecule has 292 valence electrons. The maximum atomic E-state index is 6.46. The van der Waals surface area contributed by atoms with Gasteiger partial charge in [0.05, 0.1) is 22.0 Å². The van der Waals surface area contributed by atoms with Crippen molar-refractivity contribution in [2.24, 2.45) is 0 Å². The van der Waals surface area contributed by atoms with E-state index in [1.54, 1.807) is 0 Å². The number of nitrogens with zero attached hydrogens (tertiary/aromatic N) is 4. The van der Waals surface area contributed by atoms with Gasteiger partial charge in [-0.15, -0.1) is 0 Å². The Bertz CT molecular complexity index is 3810. The summed E-state index contributed by atoms with van der Waals surface area (Å²) >= 11 is 0. The summed E-state index contributed by atoms with van der Waals surface area (Å²) in [5.74, 6) is 1.77. The van der Waals surface area contributed by atoms with Crippen molar-refractivity contribution in [2.45, 2.75) is 5.41 Å². The Morgan fingerprint density at radius 2 is 0.921 bits per heavy atom. The smallest absolute Gasteiger partial charge is 0.167 e. The maximum Gasteiger partial charge on any atom is 0.167 e. The molecule has 0 saturated carbocycles. The van der Waals surface area contributed by atoms with E-state index >= 15 is 0 Å². The Balaban J connectivity index is 0.955. The SMILES string of the molecule is c1ccc(-c2nc(-c3ccc(-n4c5ccccc5c5c6c(ccc54)C4(c5ccccc5-c5ccccc54)c4ccccc4-6)cc3)nc(-c3cccc4c3oc3ccccc34)n2)cc1. The molecular formula is C58H34N4O. The minimum absolute atomic E-state index is 0.407. The molecule has 3 aromatic heterocycles. The van der Waals surface area contributed by atoms with Crippen molar-refractivity contribution >= 4 is 43.7 Å². The third-order valence-corrected chi connectivity index (χ3v) is 13.5. The second kappa shape index (κ2) is 12.8. The summed E-state index contributed by atoms with van der Waals surface area (Å²) in [4.78, 5) is 15.3. The van der Waals surface area contributed by atoms with Crippen LogP contribution in [0.4, 0.5) is 0 Å². The van der Waals surface area contributed by atoms with E-state index in [2.05, 4.69) is 150 Å². The zero-order valence-electron chi connectivity index (χ0n) is 33.8. The molecule has 12 aromatic rings. The summed E-state index contributed by atoms with van der Waals surface area (Å²) in [6.45, 7) is 0. The number of aromatic nitrogens is 4. The van der Waals surface area contributed by atoms with Crippen LogP contribution in [0.15, 0.2) is 211 Å². The fourth-order valence-corrected chi connectivity index (χ4v) is 10.9. The highest BCUT2D eigenvalue weighted by Gasteiger charge is 2.52. The Kier molecular flexibility index (Phi) is 6.97. The molecule has 0 unspecified atom stereocenters. The molecule has 5 heteroatoms. The lowest BCUT2D eigenvalue weighted by molar-refractivity contribution is 0.669. The number of furan rings is 1. The average Bonchev–Trinajstić information content (AvgIpc) is 4.08. The Hall–Kier alpha value is -8.41. The van der Waals surface area contributed by atoms with Gasteiger partial charge in [0.25, 0.3) is 0 Å². The first kappa shape index (κ1) is 34.3. The third-order valence-electron chi connectivity index (χ3n) is 13.5. The van der Waals surface area contributed by atoms with Gasteiger partial charge in [-0.05, 0) is 93.0 Å². The summed E-state index contributed by atoms with van der Waals surface area (Å²) in [5, 5.41) is 4.60.